The van der Waals surface area contributed by atoms with E-state index in [1.54, 1.807) is 12.1 Å². The Hall–Kier alpha value is -3.96. The standard InChI is InChI=1S/C27H26F3N7O/c1-34-24(27(28,29)30)17-32-25(34)18-5-7-21(8-6-18)37-22(9-10-31-26(37)36-11-13-38-14-12-36)19-3-4-20-16-33-35(2)23(20)15-19/h3-10,15-17,26H,11-14H2,1-2H3. The highest BCUT2D eigenvalue weighted by Gasteiger charge is 2.35. The van der Waals surface area contributed by atoms with Gasteiger partial charge in [-0.3, -0.25) is 14.6 Å². The molecule has 0 aliphatic carbocycles. The number of imidazole rings is 1. The number of hydrogen-bond acceptors (Lipinski definition) is 6. The van der Waals surface area contributed by atoms with E-state index in [1.165, 1.54) is 7.05 Å². The van der Waals surface area contributed by atoms with Gasteiger partial charge in [0.2, 0.25) is 0 Å². The van der Waals surface area contributed by atoms with Crippen LogP contribution in [0.5, 0.6) is 0 Å². The lowest BCUT2D eigenvalue weighted by Crippen LogP contribution is -2.52. The molecule has 0 spiro atoms. The van der Waals surface area contributed by atoms with Crippen LogP contribution in [-0.4, -0.2) is 63.0 Å². The highest BCUT2D eigenvalue weighted by Crippen LogP contribution is 2.36. The highest BCUT2D eigenvalue weighted by molar-refractivity contribution is 5.95. The molecule has 1 unspecified atom stereocenters. The maximum atomic E-state index is 13.3. The molecule has 1 saturated heterocycles. The Morgan fingerprint density at radius 3 is 2.39 bits per heavy atom. The van der Waals surface area contributed by atoms with Crippen molar-refractivity contribution >= 4 is 28.5 Å². The molecule has 0 radical (unpaired) electrons. The predicted octanol–water partition coefficient (Wildman–Crippen LogP) is 4.54. The number of fused-ring (bicyclic) bond motifs is 1. The molecule has 2 aliphatic rings. The van der Waals surface area contributed by atoms with Crippen LogP contribution in [0.15, 0.2) is 65.9 Å². The molecule has 0 saturated carbocycles. The second kappa shape index (κ2) is 9.41. The average Bonchev–Trinajstić information content (AvgIpc) is 3.51. The number of allylic oxidation sites excluding steroid dienone is 1. The minimum Gasteiger partial charge on any atom is -0.379 e. The third-order valence-electron chi connectivity index (χ3n) is 7.04. The summed E-state index contributed by atoms with van der Waals surface area (Å²) >= 11 is 0. The third kappa shape index (κ3) is 4.27. The van der Waals surface area contributed by atoms with Gasteiger partial charge in [0.05, 0.1) is 36.8 Å². The Bertz CT molecular complexity index is 1530. The van der Waals surface area contributed by atoms with Gasteiger partial charge in [0.1, 0.15) is 11.5 Å². The molecular weight excluding hydrogens is 495 g/mol. The van der Waals surface area contributed by atoms with Gasteiger partial charge in [-0.2, -0.15) is 18.3 Å². The SMILES string of the molecule is Cn1c(C(F)(F)F)cnc1-c1ccc(N2C(c3ccc4cnn(C)c4c3)=CC=NC2N2CCOCC2)cc1. The molecule has 2 aliphatic heterocycles. The number of alkyl halides is 3. The van der Waals surface area contributed by atoms with Gasteiger partial charge in [0.25, 0.3) is 0 Å². The quantitative estimate of drug-likeness (QED) is 0.395. The first-order valence-corrected chi connectivity index (χ1v) is 12.3. The topological polar surface area (TPSA) is 63.7 Å². The maximum Gasteiger partial charge on any atom is 0.433 e. The molecule has 2 aromatic carbocycles. The summed E-state index contributed by atoms with van der Waals surface area (Å²) in [5, 5.41) is 5.42. The van der Waals surface area contributed by atoms with Crippen molar-refractivity contribution in [2.24, 2.45) is 19.1 Å². The number of nitrogens with zero attached hydrogens (tertiary/aromatic N) is 7. The number of aryl methyl sites for hydroxylation is 1. The summed E-state index contributed by atoms with van der Waals surface area (Å²) in [4.78, 5) is 13.3. The van der Waals surface area contributed by atoms with Crippen LogP contribution in [0.1, 0.15) is 11.3 Å². The number of benzene rings is 2. The molecule has 0 amide bonds. The van der Waals surface area contributed by atoms with Gasteiger partial charge in [-0.15, -0.1) is 0 Å². The Morgan fingerprint density at radius 1 is 0.947 bits per heavy atom. The Labute approximate surface area is 217 Å². The molecule has 38 heavy (non-hydrogen) atoms. The molecule has 0 bridgehead atoms. The minimum absolute atomic E-state index is 0.252. The number of anilines is 1. The number of rotatable bonds is 4. The van der Waals surface area contributed by atoms with Crippen molar-refractivity contribution in [3.63, 3.8) is 0 Å². The second-order valence-electron chi connectivity index (χ2n) is 9.33. The van der Waals surface area contributed by atoms with Gasteiger partial charge in [-0.25, -0.2) is 4.98 Å². The molecule has 8 nitrogen and oxygen atoms in total. The van der Waals surface area contributed by atoms with Crippen LogP contribution in [-0.2, 0) is 25.0 Å². The molecule has 2 aromatic heterocycles. The van der Waals surface area contributed by atoms with Gasteiger partial charge in [0.15, 0.2) is 6.29 Å². The summed E-state index contributed by atoms with van der Waals surface area (Å²) in [6.45, 7) is 2.72. The van der Waals surface area contributed by atoms with E-state index in [4.69, 9.17) is 9.73 Å². The van der Waals surface area contributed by atoms with E-state index in [9.17, 15) is 13.2 Å². The van der Waals surface area contributed by atoms with E-state index < -0.39 is 11.9 Å². The Kier molecular flexibility index (Phi) is 6.04. The van der Waals surface area contributed by atoms with Crippen molar-refractivity contribution < 1.29 is 17.9 Å². The van der Waals surface area contributed by atoms with Crippen molar-refractivity contribution in [3.05, 3.63) is 72.2 Å². The summed E-state index contributed by atoms with van der Waals surface area (Å²) in [6, 6.07) is 13.6. The zero-order valence-corrected chi connectivity index (χ0v) is 20.9. The average molecular weight is 522 g/mol. The molecular formula is C27H26F3N7O. The molecule has 6 rings (SSSR count). The van der Waals surface area contributed by atoms with E-state index in [1.807, 2.05) is 42.3 Å². The minimum atomic E-state index is -4.47. The zero-order valence-electron chi connectivity index (χ0n) is 20.9. The van der Waals surface area contributed by atoms with E-state index >= 15 is 0 Å². The molecule has 1 atom stereocenters. The fourth-order valence-electron chi connectivity index (χ4n) is 5.05. The van der Waals surface area contributed by atoms with Crippen LogP contribution in [0.3, 0.4) is 0 Å². The fourth-order valence-corrected chi connectivity index (χ4v) is 5.05. The lowest BCUT2D eigenvalue weighted by molar-refractivity contribution is -0.143. The normalized spacial score (nSPS) is 18.8. The van der Waals surface area contributed by atoms with Crippen LogP contribution < -0.4 is 4.90 Å². The number of morpholine rings is 1. The summed E-state index contributed by atoms with van der Waals surface area (Å²) in [6.07, 6.45) is 1.76. The van der Waals surface area contributed by atoms with Crippen molar-refractivity contribution in [1.29, 1.82) is 0 Å². The van der Waals surface area contributed by atoms with E-state index in [2.05, 4.69) is 38.1 Å². The Morgan fingerprint density at radius 2 is 1.68 bits per heavy atom. The van der Waals surface area contributed by atoms with Crippen molar-refractivity contribution in [2.75, 3.05) is 31.2 Å². The number of aliphatic imine (C=N–C) groups is 1. The number of ether oxygens (including phenoxy) is 1. The number of aromatic nitrogens is 4. The zero-order chi connectivity index (χ0) is 26.4. The first kappa shape index (κ1) is 24.4. The molecule has 0 N–H and O–H groups in total. The molecule has 11 heteroatoms. The smallest absolute Gasteiger partial charge is 0.379 e. The lowest BCUT2D eigenvalue weighted by atomic mass is 10.1. The van der Waals surface area contributed by atoms with Crippen LogP contribution in [0, 0.1) is 0 Å². The largest absolute Gasteiger partial charge is 0.433 e. The van der Waals surface area contributed by atoms with Crippen molar-refractivity contribution in [1.82, 2.24) is 24.2 Å². The van der Waals surface area contributed by atoms with Gasteiger partial charge in [-0.1, -0.05) is 12.1 Å². The van der Waals surface area contributed by atoms with E-state index in [0.29, 0.717) is 18.8 Å². The first-order valence-electron chi connectivity index (χ1n) is 12.3. The van der Waals surface area contributed by atoms with Gasteiger partial charge in [-0.05, 0) is 36.4 Å². The third-order valence-corrected chi connectivity index (χ3v) is 7.04. The van der Waals surface area contributed by atoms with Crippen molar-refractivity contribution in [2.45, 2.75) is 12.5 Å². The second-order valence-corrected chi connectivity index (χ2v) is 9.33. The summed E-state index contributed by atoms with van der Waals surface area (Å²) in [7, 11) is 3.29. The van der Waals surface area contributed by atoms with Gasteiger partial charge >= 0.3 is 6.18 Å². The molecule has 4 heterocycles. The van der Waals surface area contributed by atoms with E-state index in [0.717, 1.165) is 51.7 Å². The van der Waals surface area contributed by atoms with Crippen LogP contribution in [0.25, 0.3) is 28.0 Å². The first-order chi connectivity index (χ1) is 18.3. The molecule has 4 aromatic rings. The fraction of sp³-hybridized carbons (Fsp3) is 0.296. The predicted molar refractivity (Wildman–Crippen MR) is 139 cm³/mol. The Balaban J connectivity index is 1.40. The van der Waals surface area contributed by atoms with Crippen LogP contribution in [0.2, 0.25) is 0 Å². The van der Waals surface area contributed by atoms with Crippen LogP contribution in [0.4, 0.5) is 18.9 Å². The van der Waals surface area contributed by atoms with E-state index in [-0.39, 0.29) is 12.1 Å². The number of halogens is 3. The summed E-state index contributed by atoms with van der Waals surface area (Å²) in [5.41, 5.74) is 3.65. The maximum absolute atomic E-state index is 13.3. The monoisotopic (exact) mass is 521 g/mol. The molecule has 1 fully saturated rings. The van der Waals surface area contributed by atoms with Crippen LogP contribution >= 0.6 is 0 Å². The van der Waals surface area contributed by atoms with Crippen molar-refractivity contribution in [3.8, 4) is 11.4 Å². The lowest BCUT2D eigenvalue weighted by Gasteiger charge is -2.42. The summed E-state index contributed by atoms with van der Waals surface area (Å²) in [5.74, 6) is 0.252. The van der Waals surface area contributed by atoms with Gasteiger partial charge < -0.3 is 14.2 Å². The highest BCUT2D eigenvalue weighted by atomic mass is 19.4. The molecule has 196 valence electrons. The number of hydrogen-bond donors (Lipinski definition) is 0. The van der Waals surface area contributed by atoms with Gasteiger partial charge in [0, 0.05) is 55.6 Å². The summed E-state index contributed by atoms with van der Waals surface area (Å²) < 4.78 is 48.4.